The summed E-state index contributed by atoms with van der Waals surface area (Å²) < 4.78 is 0. The van der Waals surface area contributed by atoms with E-state index in [1.54, 1.807) is 0 Å². The average molecular weight is 272 g/mol. The second-order valence-electron chi connectivity index (χ2n) is 6.18. The smallest absolute Gasteiger partial charge is 0.163 e. The van der Waals surface area contributed by atoms with Gasteiger partial charge in [0, 0.05) is 0 Å². The highest BCUT2D eigenvalue weighted by atomic mass is 28.3. The van der Waals surface area contributed by atoms with Crippen molar-refractivity contribution in [2.24, 2.45) is 5.92 Å². The predicted octanol–water partition coefficient (Wildman–Crippen LogP) is 3.85. The van der Waals surface area contributed by atoms with Crippen LogP contribution < -0.4 is 5.19 Å². The number of allylic oxidation sites excluding steroid dienone is 1. The Bertz CT molecular complexity index is 455. The second kappa shape index (κ2) is 5.87. The Morgan fingerprint density at radius 2 is 1.68 bits per heavy atom. The van der Waals surface area contributed by atoms with Crippen molar-refractivity contribution >= 4 is 18.7 Å². The molecule has 1 fully saturated rings. The SMILES string of the molecule is C=C(C(=O)[Si](C)(C)c1ccccc1)C1CCCCC1. The standard InChI is InChI=1S/C17H24OSi/c1-14(15-10-6-4-7-11-15)17(18)19(2,3)16-12-8-5-9-13-16/h5,8-9,12-13,15H,1,4,6-7,10-11H2,2-3H3. The maximum Gasteiger partial charge on any atom is 0.163 e. The summed E-state index contributed by atoms with van der Waals surface area (Å²) in [5, 5.41) is 1.57. The zero-order chi connectivity index (χ0) is 13.9. The molecule has 0 spiro atoms. The normalized spacial score (nSPS) is 17.2. The molecule has 0 aromatic heterocycles. The van der Waals surface area contributed by atoms with E-state index >= 15 is 0 Å². The lowest BCUT2D eigenvalue weighted by Crippen LogP contribution is -2.51. The molecule has 1 nitrogen and oxygen atoms in total. The van der Waals surface area contributed by atoms with Gasteiger partial charge >= 0.3 is 0 Å². The van der Waals surface area contributed by atoms with E-state index < -0.39 is 8.07 Å². The van der Waals surface area contributed by atoms with E-state index in [9.17, 15) is 4.79 Å². The van der Waals surface area contributed by atoms with E-state index in [0.717, 1.165) is 18.4 Å². The van der Waals surface area contributed by atoms with Gasteiger partial charge in [-0.05, 0) is 24.3 Å². The fraction of sp³-hybridized carbons (Fsp3) is 0.471. The summed E-state index contributed by atoms with van der Waals surface area (Å²) in [4.78, 5) is 12.8. The Labute approximate surface area is 117 Å². The average Bonchev–Trinajstić information content (AvgIpc) is 2.47. The van der Waals surface area contributed by atoms with Crippen LogP contribution in [0.3, 0.4) is 0 Å². The molecule has 0 atom stereocenters. The van der Waals surface area contributed by atoms with Gasteiger partial charge in [-0.25, -0.2) is 0 Å². The van der Waals surface area contributed by atoms with Crippen LogP contribution in [-0.2, 0) is 4.79 Å². The quantitative estimate of drug-likeness (QED) is 0.601. The van der Waals surface area contributed by atoms with E-state index in [0.29, 0.717) is 11.3 Å². The minimum absolute atomic E-state index is 0.352. The summed E-state index contributed by atoms with van der Waals surface area (Å²) in [6.45, 7) is 8.46. The maximum atomic E-state index is 12.8. The molecule has 0 heterocycles. The van der Waals surface area contributed by atoms with Crippen molar-refractivity contribution in [3.05, 3.63) is 42.5 Å². The third-order valence-electron chi connectivity index (χ3n) is 4.45. The van der Waals surface area contributed by atoms with Crippen LogP contribution in [0.1, 0.15) is 32.1 Å². The van der Waals surface area contributed by atoms with E-state index in [1.165, 1.54) is 24.4 Å². The molecule has 19 heavy (non-hydrogen) atoms. The molecule has 2 heteroatoms. The topological polar surface area (TPSA) is 17.1 Å². The van der Waals surface area contributed by atoms with Crippen LogP contribution in [0.2, 0.25) is 13.1 Å². The molecule has 1 saturated carbocycles. The summed E-state index contributed by atoms with van der Waals surface area (Å²) in [7, 11) is -2.07. The van der Waals surface area contributed by atoms with Crippen molar-refractivity contribution in [3.8, 4) is 0 Å². The third kappa shape index (κ3) is 3.06. The summed E-state index contributed by atoms with van der Waals surface area (Å²) in [6, 6.07) is 10.3. The van der Waals surface area contributed by atoms with Crippen LogP contribution in [0.25, 0.3) is 0 Å². The highest BCUT2D eigenvalue weighted by molar-refractivity contribution is 7.14. The van der Waals surface area contributed by atoms with Crippen LogP contribution in [0.15, 0.2) is 42.5 Å². The van der Waals surface area contributed by atoms with E-state index in [-0.39, 0.29) is 0 Å². The van der Waals surface area contributed by atoms with E-state index in [4.69, 9.17) is 0 Å². The summed E-state index contributed by atoms with van der Waals surface area (Å²) in [6.07, 6.45) is 6.14. The van der Waals surface area contributed by atoms with Crippen molar-refractivity contribution < 1.29 is 4.79 Å². The van der Waals surface area contributed by atoms with Gasteiger partial charge in [0.05, 0.1) is 0 Å². The largest absolute Gasteiger partial charge is 0.300 e. The highest BCUT2D eigenvalue weighted by Crippen LogP contribution is 2.30. The summed E-state index contributed by atoms with van der Waals surface area (Å²) >= 11 is 0. The van der Waals surface area contributed by atoms with E-state index in [1.807, 2.05) is 18.2 Å². The van der Waals surface area contributed by atoms with Crippen molar-refractivity contribution in [2.75, 3.05) is 0 Å². The molecule has 102 valence electrons. The Morgan fingerprint density at radius 3 is 2.26 bits per heavy atom. The fourth-order valence-corrected chi connectivity index (χ4v) is 5.32. The van der Waals surface area contributed by atoms with Crippen LogP contribution in [0.4, 0.5) is 0 Å². The Kier molecular flexibility index (Phi) is 4.41. The first kappa shape index (κ1) is 14.3. The molecule has 0 saturated heterocycles. The van der Waals surface area contributed by atoms with Crippen LogP contribution in [0, 0.1) is 5.92 Å². The van der Waals surface area contributed by atoms with Crippen molar-refractivity contribution in [1.82, 2.24) is 0 Å². The zero-order valence-electron chi connectivity index (χ0n) is 12.1. The Hall–Kier alpha value is -1.15. The number of hydrogen-bond acceptors (Lipinski definition) is 1. The molecule has 1 aromatic carbocycles. The molecule has 1 aliphatic rings. The summed E-state index contributed by atoms with van der Waals surface area (Å²) in [5.74, 6) is 0.441. The molecular weight excluding hydrogens is 248 g/mol. The summed E-state index contributed by atoms with van der Waals surface area (Å²) in [5.41, 5.74) is 0.903. The van der Waals surface area contributed by atoms with Crippen molar-refractivity contribution in [2.45, 2.75) is 45.2 Å². The molecule has 0 N–H and O–H groups in total. The van der Waals surface area contributed by atoms with Gasteiger partial charge in [-0.1, -0.05) is 74.5 Å². The van der Waals surface area contributed by atoms with Crippen LogP contribution in [0.5, 0.6) is 0 Å². The molecule has 0 bridgehead atoms. The van der Waals surface area contributed by atoms with Crippen molar-refractivity contribution in [1.29, 1.82) is 0 Å². The van der Waals surface area contributed by atoms with Gasteiger partial charge < -0.3 is 4.79 Å². The second-order valence-corrected chi connectivity index (χ2v) is 10.5. The molecule has 0 amide bonds. The molecule has 0 radical (unpaired) electrons. The van der Waals surface area contributed by atoms with Gasteiger partial charge in [0.1, 0.15) is 5.41 Å². The van der Waals surface area contributed by atoms with Gasteiger partial charge in [-0.2, -0.15) is 0 Å². The third-order valence-corrected chi connectivity index (χ3v) is 7.69. The van der Waals surface area contributed by atoms with Crippen molar-refractivity contribution in [3.63, 3.8) is 0 Å². The van der Waals surface area contributed by atoms with E-state index in [2.05, 4.69) is 31.8 Å². The Balaban J connectivity index is 2.16. The number of benzene rings is 1. The van der Waals surface area contributed by atoms with Gasteiger partial charge in [0.25, 0.3) is 0 Å². The number of carbonyl (C=O) groups is 1. The first-order valence-corrected chi connectivity index (χ1v) is 10.3. The van der Waals surface area contributed by atoms with Gasteiger partial charge in [0.2, 0.25) is 0 Å². The molecule has 0 aliphatic heterocycles. The number of rotatable bonds is 4. The first-order chi connectivity index (χ1) is 9.03. The lowest BCUT2D eigenvalue weighted by molar-refractivity contribution is -0.110. The first-order valence-electron chi connectivity index (χ1n) is 7.32. The molecule has 1 aliphatic carbocycles. The molecule has 0 unspecified atom stereocenters. The molecule has 1 aromatic rings. The lowest BCUT2D eigenvalue weighted by Gasteiger charge is -2.28. The Morgan fingerprint density at radius 1 is 1.11 bits per heavy atom. The van der Waals surface area contributed by atoms with Crippen LogP contribution >= 0.6 is 0 Å². The zero-order valence-corrected chi connectivity index (χ0v) is 13.1. The van der Waals surface area contributed by atoms with Crippen LogP contribution in [-0.4, -0.2) is 13.5 Å². The number of hydrogen-bond donors (Lipinski definition) is 0. The maximum absolute atomic E-state index is 12.8. The van der Waals surface area contributed by atoms with Gasteiger partial charge in [-0.3, -0.25) is 0 Å². The molecular formula is C17H24OSi. The monoisotopic (exact) mass is 272 g/mol. The van der Waals surface area contributed by atoms with Gasteiger partial charge in [-0.15, -0.1) is 0 Å². The predicted molar refractivity (Wildman–Crippen MR) is 84.3 cm³/mol. The minimum Gasteiger partial charge on any atom is -0.300 e. The highest BCUT2D eigenvalue weighted by Gasteiger charge is 2.36. The molecule has 2 rings (SSSR count). The fourth-order valence-electron chi connectivity index (χ4n) is 3.02. The lowest BCUT2D eigenvalue weighted by atomic mass is 9.85. The number of carbonyl (C=O) groups excluding carboxylic acids is 1. The minimum atomic E-state index is -2.07. The van der Waals surface area contributed by atoms with Gasteiger partial charge in [0.15, 0.2) is 8.07 Å².